The molecule has 4 aromatic heterocycles. The molecule has 0 saturated carbocycles. The minimum atomic E-state index is -0.294. The fourth-order valence-electron chi connectivity index (χ4n) is 5.51. The van der Waals surface area contributed by atoms with Gasteiger partial charge in [-0.25, -0.2) is 18.9 Å². The molecule has 1 aliphatic rings. The lowest BCUT2D eigenvalue weighted by molar-refractivity contribution is 0.0964. The average molecular weight is 599 g/mol. The lowest BCUT2D eigenvalue weighted by Gasteiger charge is -2.40. The van der Waals surface area contributed by atoms with E-state index >= 15 is 0 Å². The monoisotopic (exact) mass is 598 g/mol. The van der Waals surface area contributed by atoms with Crippen LogP contribution in [0.2, 0.25) is 0 Å². The Kier molecular flexibility index (Phi) is 8.49. The molecule has 0 unspecified atom stereocenters. The van der Waals surface area contributed by atoms with Crippen molar-refractivity contribution in [1.29, 1.82) is 0 Å². The molecule has 222 valence electrons. The molecule has 0 radical (unpaired) electrons. The first-order valence-corrected chi connectivity index (χ1v) is 15.6. The quantitative estimate of drug-likeness (QED) is 0.149. The van der Waals surface area contributed by atoms with Crippen LogP contribution in [0.15, 0.2) is 72.4 Å². The number of ketones is 1. The molecule has 5 aromatic rings. The van der Waals surface area contributed by atoms with E-state index in [-0.39, 0.29) is 17.7 Å². The van der Waals surface area contributed by atoms with E-state index in [1.54, 1.807) is 34.2 Å². The number of rotatable bonds is 12. The second-order valence-electron chi connectivity index (χ2n) is 10.8. The number of hydrogen-bond donors (Lipinski definition) is 0. The molecule has 1 fully saturated rings. The minimum absolute atomic E-state index is 0.0583. The molecular formula is C33H35FN6O2S. The molecule has 5 heterocycles. The molecule has 0 spiro atoms. The van der Waals surface area contributed by atoms with E-state index in [9.17, 15) is 9.18 Å². The van der Waals surface area contributed by atoms with Crippen LogP contribution in [0.25, 0.3) is 27.5 Å². The van der Waals surface area contributed by atoms with Crippen molar-refractivity contribution in [3.63, 3.8) is 0 Å². The molecule has 6 rings (SSSR count). The van der Waals surface area contributed by atoms with Crippen LogP contribution in [0.5, 0.6) is 5.75 Å². The topological polar surface area (TPSA) is 75.9 Å². The fraction of sp³-hybridized carbons (Fsp3) is 0.333. The van der Waals surface area contributed by atoms with Crippen molar-refractivity contribution in [2.24, 2.45) is 0 Å². The maximum Gasteiger partial charge on any atom is 0.165 e. The van der Waals surface area contributed by atoms with E-state index in [1.807, 2.05) is 41.9 Å². The molecule has 10 heteroatoms. The maximum absolute atomic E-state index is 13.6. The highest BCUT2D eigenvalue weighted by Gasteiger charge is 2.31. The lowest BCUT2D eigenvalue weighted by atomic mass is 10.0. The highest BCUT2D eigenvalue weighted by molar-refractivity contribution is 7.13. The van der Waals surface area contributed by atoms with Gasteiger partial charge in [-0.3, -0.25) is 4.79 Å². The molecule has 1 atom stereocenters. The molecule has 0 bridgehead atoms. The standard InChI is InChI=1S/C33H35FN6O2S/c1-4-38(5-2)22(3)8-13-30(41)23-17-29(27-19-35-40-15-14-28(37-33(27)40)31-7-6-16-43-31)36-32(18-23)39-20-26(21-39)42-25-11-9-24(34)10-12-25/h6-7,9-12,14-19,22,26H,4-5,8,13,20-21H2,1-3H3/t22-/m0/s1. The molecule has 1 aromatic carbocycles. The van der Waals surface area contributed by atoms with Crippen LogP contribution in [-0.4, -0.2) is 68.6 Å². The van der Waals surface area contributed by atoms with Gasteiger partial charge in [-0.1, -0.05) is 19.9 Å². The zero-order chi connectivity index (χ0) is 29.9. The number of anilines is 1. The normalized spacial score (nSPS) is 14.3. The number of carbonyl (C=O) groups is 1. The number of hydrogen-bond acceptors (Lipinski definition) is 8. The van der Waals surface area contributed by atoms with Gasteiger partial charge in [0.15, 0.2) is 11.4 Å². The number of fused-ring (bicyclic) bond motifs is 1. The molecule has 0 aliphatic carbocycles. The Labute approximate surface area is 254 Å². The first kappa shape index (κ1) is 28.9. The van der Waals surface area contributed by atoms with Crippen molar-refractivity contribution >= 4 is 28.6 Å². The van der Waals surface area contributed by atoms with Gasteiger partial charge in [-0.05, 0) is 80.3 Å². The van der Waals surface area contributed by atoms with Gasteiger partial charge in [0.1, 0.15) is 23.5 Å². The Balaban J connectivity index is 1.29. The number of Topliss-reactive ketones (excluding diaryl/α,β-unsaturated/α-hetero) is 1. The number of nitrogens with zero attached hydrogens (tertiary/aromatic N) is 6. The Morgan fingerprint density at radius 3 is 2.60 bits per heavy atom. The molecule has 0 N–H and O–H groups in total. The van der Waals surface area contributed by atoms with Gasteiger partial charge in [-0.15, -0.1) is 11.3 Å². The number of benzene rings is 1. The van der Waals surface area contributed by atoms with Gasteiger partial charge < -0.3 is 14.5 Å². The number of ether oxygens (including phenoxy) is 1. The van der Waals surface area contributed by atoms with E-state index < -0.39 is 0 Å². The van der Waals surface area contributed by atoms with Crippen LogP contribution >= 0.6 is 11.3 Å². The minimum Gasteiger partial charge on any atom is -0.487 e. The van der Waals surface area contributed by atoms with Crippen LogP contribution in [-0.2, 0) is 0 Å². The Morgan fingerprint density at radius 2 is 1.88 bits per heavy atom. The van der Waals surface area contributed by atoms with Gasteiger partial charge in [0.05, 0.1) is 41.1 Å². The first-order valence-electron chi connectivity index (χ1n) is 14.8. The second-order valence-corrected chi connectivity index (χ2v) is 11.8. The van der Waals surface area contributed by atoms with Crippen LogP contribution in [0, 0.1) is 5.82 Å². The fourth-order valence-corrected chi connectivity index (χ4v) is 6.20. The van der Waals surface area contributed by atoms with Crippen LogP contribution in [0.1, 0.15) is 44.0 Å². The molecule has 0 amide bonds. The summed E-state index contributed by atoms with van der Waals surface area (Å²) in [6.45, 7) is 9.61. The van der Waals surface area contributed by atoms with E-state index in [0.29, 0.717) is 54.0 Å². The summed E-state index contributed by atoms with van der Waals surface area (Å²) in [7, 11) is 0. The molecule has 8 nitrogen and oxygen atoms in total. The summed E-state index contributed by atoms with van der Waals surface area (Å²) in [6.07, 6.45) is 4.84. The van der Waals surface area contributed by atoms with Crippen LogP contribution in [0.3, 0.4) is 0 Å². The number of aromatic nitrogens is 4. The van der Waals surface area contributed by atoms with E-state index in [0.717, 1.165) is 35.6 Å². The summed E-state index contributed by atoms with van der Waals surface area (Å²) >= 11 is 1.63. The maximum atomic E-state index is 13.6. The van der Waals surface area contributed by atoms with Gasteiger partial charge in [0.25, 0.3) is 0 Å². The molecule has 43 heavy (non-hydrogen) atoms. The van der Waals surface area contributed by atoms with Gasteiger partial charge in [0.2, 0.25) is 0 Å². The predicted molar refractivity (Wildman–Crippen MR) is 169 cm³/mol. The largest absolute Gasteiger partial charge is 0.487 e. The van der Waals surface area contributed by atoms with Gasteiger partial charge in [0, 0.05) is 24.2 Å². The molecule has 1 aliphatic heterocycles. The number of pyridine rings is 1. The molecular weight excluding hydrogens is 563 g/mol. The zero-order valence-corrected chi connectivity index (χ0v) is 25.4. The summed E-state index contributed by atoms with van der Waals surface area (Å²) in [5.74, 6) is 1.14. The van der Waals surface area contributed by atoms with Crippen molar-refractivity contribution < 1.29 is 13.9 Å². The van der Waals surface area contributed by atoms with Crippen LogP contribution in [0.4, 0.5) is 10.2 Å². The molecule has 1 saturated heterocycles. The third-order valence-electron chi connectivity index (χ3n) is 8.07. The summed E-state index contributed by atoms with van der Waals surface area (Å²) in [4.78, 5) is 29.1. The highest BCUT2D eigenvalue weighted by atomic mass is 32.1. The lowest BCUT2D eigenvalue weighted by Crippen LogP contribution is -2.54. The SMILES string of the molecule is CCN(CC)[C@@H](C)CCC(=O)c1cc(-c2cnn3ccc(-c4cccs4)nc23)nc(N2CC(Oc3ccc(F)cc3)C2)c1. The third-order valence-corrected chi connectivity index (χ3v) is 8.96. The smallest absolute Gasteiger partial charge is 0.165 e. The van der Waals surface area contributed by atoms with Gasteiger partial charge >= 0.3 is 0 Å². The first-order chi connectivity index (χ1) is 20.9. The van der Waals surface area contributed by atoms with Crippen molar-refractivity contribution in [3.8, 4) is 27.6 Å². The highest BCUT2D eigenvalue weighted by Crippen LogP contribution is 2.31. The number of carbonyl (C=O) groups excluding carboxylic acids is 1. The van der Waals surface area contributed by atoms with Crippen molar-refractivity contribution in [1.82, 2.24) is 24.5 Å². The van der Waals surface area contributed by atoms with E-state index in [4.69, 9.17) is 14.7 Å². The summed E-state index contributed by atoms with van der Waals surface area (Å²) in [5.41, 5.74) is 3.61. The predicted octanol–water partition coefficient (Wildman–Crippen LogP) is 6.62. The Bertz CT molecular complexity index is 1690. The number of halogens is 1. The zero-order valence-electron chi connectivity index (χ0n) is 24.6. The van der Waals surface area contributed by atoms with E-state index in [2.05, 4.69) is 35.7 Å². The van der Waals surface area contributed by atoms with Crippen molar-refractivity contribution in [2.75, 3.05) is 31.1 Å². The second kappa shape index (κ2) is 12.6. The van der Waals surface area contributed by atoms with Gasteiger partial charge in [-0.2, -0.15) is 5.10 Å². The van der Waals surface area contributed by atoms with Crippen molar-refractivity contribution in [3.05, 3.63) is 83.8 Å². The summed E-state index contributed by atoms with van der Waals surface area (Å²) in [5, 5.41) is 6.56. The Morgan fingerprint density at radius 1 is 1.09 bits per heavy atom. The average Bonchev–Trinajstić information content (AvgIpc) is 3.69. The number of thiophene rings is 1. The van der Waals surface area contributed by atoms with Crippen LogP contribution < -0.4 is 9.64 Å². The third kappa shape index (κ3) is 6.30. The van der Waals surface area contributed by atoms with Crippen molar-refractivity contribution in [2.45, 2.75) is 45.8 Å². The summed E-state index contributed by atoms with van der Waals surface area (Å²) in [6, 6.07) is 16.1. The summed E-state index contributed by atoms with van der Waals surface area (Å²) < 4.78 is 21.1. The Hall–Kier alpha value is -4.15. The van der Waals surface area contributed by atoms with E-state index in [1.165, 1.54) is 12.1 Å².